The Hall–Kier alpha value is -0.770. The van der Waals surface area contributed by atoms with Crippen LogP contribution in [-0.4, -0.2) is 12.1 Å². The normalized spacial score (nSPS) is 14.9. The van der Waals surface area contributed by atoms with Gasteiger partial charge in [-0.05, 0) is 31.0 Å². The summed E-state index contributed by atoms with van der Waals surface area (Å²) in [6.07, 6.45) is -0.0107. The van der Waals surface area contributed by atoms with Crippen LogP contribution in [0.2, 0.25) is 5.02 Å². The minimum atomic E-state index is -0.0107. The highest BCUT2D eigenvalue weighted by atomic mass is 35.5. The van der Waals surface area contributed by atoms with E-state index in [1.54, 1.807) is 6.07 Å². The Morgan fingerprint density at radius 2 is 2.00 bits per heavy atom. The fraction of sp³-hybridized carbons (Fsp3) is 0.500. The Bertz CT molecular complexity index is 331. The van der Waals surface area contributed by atoms with E-state index in [-0.39, 0.29) is 12.1 Å². The SMILES string of the molecule is CC(C)C(NN)C(C)Oc1cccc(Cl)c1. The van der Waals surface area contributed by atoms with Crippen molar-refractivity contribution >= 4 is 11.6 Å². The van der Waals surface area contributed by atoms with E-state index in [4.69, 9.17) is 22.2 Å². The van der Waals surface area contributed by atoms with E-state index in [0.29, 0.717) is 10.9 Å². The second-order valence-corrected chi connectivity index (χ2v) is 4.65. The first-order valence-electron chi connectivity index (χ1n) is 5.43. The van der Waals surface area contributed by atoms with Crippen LogP contribution in [0, 0.1) is 5.92 Å². The zero-order valence-corrected chi connectivity index (χ0v) is 10.7. The first-order chi connectivity index (χ1) is 7.54. The van der Waals surface area contributed by atoms with Gasteiger partial charge in [-0.15, -0.1) is 0 Å². The monoisotopic (exact) mass is 242 g/mol. The summed E-state index contributed by atoms with van der Waals surface area (Å²) < 4.78 is 5.78. The van der Waals surface area contributed by atoms with Crippen molar-refractivity contribution < 1.29 is 4.74 Å². The number of rotatable bonds is 5. The zero-order chi connectivity index (χ0) is 12.1. The Labute approximate surface area is 102 Å². The molecule has 0 aliphatic heterocycles. The molecule has 0 spiro atoms. The number of halogens is 1. The van der Waals surface area contributed by atoms with Crippen molar-refractivity contribution in [2.75, 3.05) is 0 Å². The maximum Gasteiger partial charge on any atom is 0.121 e. The molecule has 0 heterocycles. The predicted molar refractivity (Wildman–Crippen MR) is 67.5 cm³/mol. The van der Waals surface area contributed by atoms with E-state index >= 15 is 0 Å². The molecule has 0 amide bonds. The largest absolute Gasteiger partial charge is 0.489 e. The maximum absolute atomic E-state index is 5.88. The van der Waals surface area contributed by atoms with Crippen LogP contribution >= 0.6 is 11.6 Å². The number of hydrogen-bond acceptors (Lipinski definition) is 3. The van der Waals surface area contributed by atoms with Crippen LogP contribution < -0.4 is 16.0 Å². The van der Waals surface area contributed by atoms with Gasteiger partial charge in [0, 0.05) is 5.02 Å². The molecular formula is C12H19ClN2O. The minimum Gasteiger partial charge on any atom is -0.489 e. The van der Waals surface area contributed by atoms with Crippen molar-refractivity contribution in [1.29, 1.82) is 0 Å². The summed E-state index contributed by atoms with van der Waals surface area (Å²) in [7, 11) is 0. The van der Waals surface area contributed by atoms with Gasteiger partial charge in [0.2, 0.25) is 0 Å². The van der Waals surface area contributed by atoms with E-state index < -0.39 is 0 Å². The third kappa shape index (κ3) is 3.67. The van der Waals surface area contributed by atoms with E-state index in [9.17, 15) is 0 Å². The van der Waals surface area contributed by atoms with Crippen molar-refractivity contribution in [1.82, 2.24) is 5.43 Å². The Morgan fingerprint density at radius 3 is 2.50 bits per heavy atom. The lowest BCUT2D eigenvalue weighted by atomic mass is 10.0. The van der Waals surface area contributed by atoms with Crippen LogP contribution in [0.4, 0.5) is 0 Å². The van der Waals surface area contributed by atoms with Crippen LogP contribution in [0.5, 0.6) is 5.75 Å². The van der Waals surface area contributed by atoms with E-state index in [0.717, 1.165) is 5.75 Å². The lowest BCUT2D eigenvalue weighted by molar-refractivity contribution is 0.144. The molecule has 16 heavy (non-hydrogen) atoms. The molecule has 2 unspecified atom stereocenters. The molecular weight excluding hydrogens is 224 g/mol. The number of nitrogens with one attached hydrogen (secondary N) is 1. The Morgan fingerprint density at radius 1 is 1.31 bits per heavy atom. The molecule has 90 valence electrons. The van der Waals surface area contributed by atoms with Crippen molar-refractivity contribution in [3.8, 4) is 5.75 Å². The first-order valence-corrected chi connectivity index (χ1v) is 5.80. The lowest BCUT2D eigenvalue weighted by Gasteiger charge is -2.27. The fourth-order valence-corrected chi connectivity index (χ4v) is 1.88. The van der Waals surface area contributed by atoms with Crippen molar-refractivity contribution in [3.63, 3.8) is 0 Å². The molecule has 0 saturated carbocycles. The summed E-state index contributed by atoms with van der Waals surface area (Å²) in [5.41, 5.74) is 2.78. The van der Waals surface area contributed by atoms with Crippen molar-refractivity contribution in [3.05, 3.63) is 29.3 Å². The van der Waals surface area contributed by atoms with Gasteiger partial charge in [-0.2, -0.15) is 0 Å². The molecule has 0 aromatic heterocycles. The van der Waals surface area contributed by atoms with Crippen LogP contribution in [0.3, 0.4) is 0 Å². The summed E-state index contributed by atoms with van der Waals surface area (Å²) in [4.78, 5) is 0. The smallest absolute Gasteiger partial charge is 0.121 e. The number of nitrogens with two attached hydrogens (primary N) is 1. The van der Waals surface area contributed by atoms with E-state index in [1.807, 2.05) is 25.1 Å². The minimum absolute atomic E-state index is 0.0107. The number of hydrogen-bond donors (Lipinski definition) is 2. The molecule has 3 N–H and O–H groups in total. The highest BCUT2D eigenvalue weighted by Crippen LogP contribution is 2.20. The highest BCUT2D eigenvalue weighted by molar-refractivity contribution is 6.30. The van der Waals surface area contributed by atoms with Crippen LogP contribution in [-0.2, 0) is 0 Å². The molecule has 2 atom stereocenters. The molecule has 1 aromatic rings. The number of benzene rings is 1. The van der Waals surface area contributed by atoms with Gasteiger partial charge in [-0.3, -0.25) is 11.3 Å². The van der Waals surface area contributed by atoms with Gasteiger partial charge in [0.1, 0.15) is 11.9 Å². The molecule has 0 aliphatic carbocycles. The molecule has 0 radical (unpaired) electrons. The molecule has 1 aromatic carbocycles. The Kier molecular flexibility index (Phi) is 5.06. The van der Waals surface area contributed by atoms with E-state index in [2.05, 4.69) is 19.3 Å². The quantitative estimate of drug-likeness (QED) is 0.616. The molecule has 4 heteroatoms. The number of ether oxygens (including phenoxy) is 1. The molecule has 0 bridgehead atoms. The third-order valence-corrected chi connectivity index (χ3v) is 2.77. The predicted octanol–water partition coefficient (Wildman–Crippen LogP) is 2.60. The van der Waals surface area contributed by atoms with Gasteiger partial charge in [-0.25, -0.2) is 0 Å². The standard InChI is InChI=1S/C12H19ClN2O/c1-8(2)12(15-14)9(3)16-11-6-4-5-10(13)7-11/h4-9,12,15H,14H2,1-3H3. The van der Waals surface area contributed by atoms with Gasteiger partial charge in [0.25, 0.3) is 0 Å². The second kappa shape index (κ2) is 6.09. The van der Waals surface area contributed by atoms with Crippen LogP contribution in [0.15, 0.2) is 24.3 Å². The van der Waals surface area contributed by atoms with Gasteiger partial charge >= 0.3 is 0 Å². The lowest BCUT2D eigenvalue weighted by Crippen LogP contribution is -2.48. The zero-order valence-electron chi connectivity index (χ0n) is 9.91. The van der Waals surface area contributed by atoms with Gasteiger partial charge in [-0.1, -0.05) is 31.5 Å². The summed E-state index contributed by atoms with van der Waals surface area (Å²) in [5, 5.41) is 0.673. The second-order valence-electron chi connectivity index (χ2n) is 4.22. The van der Waals surface area contributed by atoms with Crippen molar-refractivity contribution in [2.24, 2.45) is 11.8 Å². The van der Waals surface area contributed by atoms with Gasteiger partial charge in [0.05, 0.1) is 6.04 Å². The van der Waals surface area contributed by atoms with Gasteiger partial charge < -0.3 is 4.74 Å². The summed E-state index contributed by atoms with van der Waals surface area (Å²) in [6.45, 7) is 6.19. The van der Waals surface area contributed by atoms with Gasteiger partial charge in [0.15, 0.2) is 0 Å². The topological polar surface area (TPSA) is 47.3 Å². The average molecular weight is 243 g/mol. The average Bonchev–Trinajstić information content (AvgIpc) is 2.17. The van der Waals surface area contributed by atoms with E-state index in [1.165, 1.54) is 0 Å². The summed E-state index contributed by atoms with van der Waals surface area (Å²) in [5.74, 6) is 6.67. The molecule has 0 fully saturated rings. The summed E-state index contributed by atoms with van der Waals surface area (Å²) >= 11 is 5.88. The third-order valence-electron chi connectivity index (χ3n) is 2.53. The van der Waals surface area contributed by atoms with Crippen LogP contribution in [0.1, 0.15) is 20.8 Å². The maximum atomic E-state index is 5.88. The Balaban J connectivity index is 2.66. The first kappa shape index (κ1) is 13.3. The summed E-state index contributed by atoms with van der Waals surface area (Å²) in [6, 6.07) is 7.48. The molecule has 0 saturated heterocycles. The number of hydrazine groups is 1. The molecule has 0 aliphatic rings. The molecule has 3 nitrogen and oxygen atoms in total. The highest BCUT2D eigenvalue weighted by Gasteiger charge is 2.20. The molecule has 1 rings (SSSR count). The fourth-order valence-electron chi connectivity index (χ4n) is 1.70. The van der Waals surface area contributed by atoms with Crippen LogP contribution in [0.25, 0.3) is 0 Å². The van der Waals surface area contributed by atoms with Crippen molar-refractivity contribution in [2.45, 2.75) is 32.9 Å².